The van der Waals surface area contributed by atoms with Gasteiger partial charge in [0.05, 0.1) is 6.61 Å². The zero-order valence-corrected chi connectivity index (χ0v) is 16.3. The van der Waals surface area contributed by atoms with Gasteiger partial charge in [-0.2, -0.15) is 0 Å². The molecule has 1 aromatic carbocycles. The van der Waals surface area contributed by atoms with Crippen LogP contribution in [0.15, 0.2) is 35.3 Å². The summed E-state index contributed by atoms with van der Waals surface area (Å²) in [5.41, 5.74) is 0.870. The van der Waals surface area contributed by atoms with Crippen molar-refractivity contribution in [2.24, 2.45) is 10.9 Å². The van der Waals surface area contributed by atoms with Crippen LogP contribution >= 0.6 is 0 Å². The summed E-state index contributed by atoms with van der Waals surface area (Å²) in [4.78, 5) is 29.1. The Morgan fingerprint density at radius 1 is 1.22 bits per heavy atom. The first-order chi connectivity index (χ1) is 12.8. The standard InChI is InChI=1S/C18H24N2O6S/c1-3-25-16(21)11-19-17(27(2,23)24)15-9-10-20(12-15)18(22)26-13-14-7-5-4-6-8-14/h4-8,15H,3,9-13H2,1-2H3. The highest BCUT2D eigenvalue weighted by Crippen LogP contribution is 2.21. The summed E-state index contributed by atoms with van der Waals surface area (Å²) in [5.74, 6) is -1.05. The molecule has 1 saturated heterocycles. The zero-order valence-electron chi connectivity index (χ0n) is 15.5. The Morgan fingerprint density at radius 2 is 1.93 bits per heavy atom. The normalized spacial score (nSPS) is 17.6. The summed E-state index contributed by atoms with van der Waals surface area (Å²) in [6, 6.07) is 9.29. The van der Waals surface area contributed by atoms with E-state index < -0.39 is 27.8 Å². The van der Waals surface area contributed by atoms with Gasteiger partial charge in [0.15, 0.2) is 9.84 Å². The molecule has 0 radical (unpaired) electrons. The summed E-state index contributed by atoms with van der Waals surface area (Å²) in [7, 11) is -3.60. The number of likely N-dealkylation sites (tertiary alicyclic amines) is 1. The summed E-state index contributed by atoms with van der Waals surface area (Å²) < 4.78 is 34.2. The van der Waals surface area contributed by atoms with Crippen molar-refractivity contribution in [3.05, 3.63) is 35.9 Å². The molecule has 1 amide bonds. The second-order valence-corrected chi connectivity index (χ2v) is 8.17. The van der Waals surface area contributed by atoms with Gasteiger partial charge in [0, 0.05) is 25.3 Å². The third-order valence-corrected chi connectivity index (χ3v) is 5.27. The number of rotatable bonds is 6. The van der Waals surface area contributed by atoms with E-state index in [-0.39, 0.29) is 31.3 Å². The molecule has 27 heavy (non-hydrogen) atoms. The monoisotopic (exact) mass is 396 g/mol. The van der Waals surface area contributed by atoms with E-state index in [1.165, 1.54) is 4.90 Å². The smallest absolute Gasteiger partial charge is 0.410 e. The van der Waals surface area contributed by atoms with Crippen LogP contribution in [0.5, 0.6) is 0 Å². The topological polar surface area (TPSA) is 102 Å². The van der Waals surface area contributed by atoms with E-state index in [1.54, 1.807) is 6.92 Å². The van der Waals surface area contributed by atoms with Gasteiger partial charge in [-0.15, -0.1) is 0 Å². The first-order valence-corrected chi connectivity index (χ1v) is 10.6. The maximum Gasteiger partial charge on any atom is 0.410 e. The highest BCUT2D eigenvalue weighted by molar-refractivity contribution is 8.05. The highest BCUT2D eigenvalue weighted by atomic mass is 32.2. The van der Waals surface area contributed by atoms with Crippen LogP contribution in [-0.4, -0.2) is 62.9 Å². The minimum atomic E-state index is -3.60. The molecule has 8 nitrogen and oxygen atoms in total. The molecule has 0 aromatic heterocycles. The maximum absolute atomic E-state index is 12.2. The van der Waals surface area contributed by atoms with E-state index in [0.29, 0.717) is 13.0 Å². The fourth-order valence-corrected chi connectivity index (χ4v) is 3.93. The molecule has 1 aliphatic rings. The number of esters is 1. The lowest BCUT2D eigenvalue weighted by atomic mass is 10.1. The molecule has 0 spiro atoms. The van der Waals surface area contributed by atoms with Crippen LogP contribution in [0.1, 0.15) is 18.9 Å². The van der Waals surface area contributed by atoms with Crippen LogP contribution in [0.2, 0.25) is 0 Å². The van der Waals surface area contributed by atoms with Crippen LogP contribution in [-0.2, 0) is 30.7 Å². The van der Waals surface area contributed by atoms with Gasteiger partial charge < -0.3 is 14.4 Å². The van der Waals surface area contributed by atoms with Crippen molar-refractivity contribution >= 4 is 26.9 Å². The number of amides is 1. The maximum atomic E-state index is 12.2. The predicted octanol–water partition coefficient (Wildman–Crippen LogP) is 1.65. The minimum absolute atomic E-state index is 0.0751. The number of hydrogen-bond donors (Lipinski definition) is 0. The fourth-order valence-electron chi connectivity index (χ4n) is 2.84. The molecule has 1 atom stereocenters. The SMILES string of the molecule is CCOC(=O)CN=C(C1CCN(C(=O)OCc2ccccc2)C1)S(C)(=O)=O. The summed E-state index contributed by atoms with van der Waals surface area (Å²) in [6.45, 7) is 2.21. The molecule has 9 heteroatoms. The van der Waals surface area contributed by atoms with Gasteiger partial charge in [-0.3, -0.25) is 9.79 Å². The van der Waals surface area contributed by atoms with Gasteiger partial charge in [-0.1, -0.05) is 30.3 Å². The summed E-state index contributed by atoms with van der Waals surface area (Å²) in [6.07, 6.45) is 0.988. The Balaban J connectivity index is 1.97. The second kappa shape index (κ2) is 9.50. The van der Waals surface area contributed by atoms with Crippen molar-refractivity contribution in [3.8, 4) is 0 Å². The van der Waals surface area contributed by atoms with Crippen LogP contribution < -0.4 is 0 Å². The van der Waals surface area contributed by atoms with Crippen molar-refractivity contribution in [2.45, 2.75) is 20.0 Å². The second-order valence-electron chi connectivity index (χ2n) is 6.20. The first kappa shape index (κ1) is 20.9. The van der Waals surface area contributed by atoms with E-state index in [1.807, 2.05) is 30.3 Å². The molecule has 148 valence electrons. The average molecular weight is 396 g/mol. The molecule has 2 rings (SSSR count). The fraction of sp³-hybridized carbons (Fsp3) is 0.500. The highest BCUT2D eigenvalue weighted by Gasteiger charge is 2.34. The number of aliphatic imine (C=N–C) groups is 1. The molecule has 0 bridgehead atoms. The lowest BCUT2D eigenvalue weighted by Gasteiger charge is -2.17. The summed E-state index contributed by atoms with van der Waals surface area (Å²) in [5, 5.41) is -0.0751. The van der Waals surface area contributed by atoms with Crippen molar-refractivity contribution in [1.29, 1.82) is 0 Å². The third-order valence-electron chi connectivity index (χ3n) is 4.05. The van der Waals surface area contributed by atoms with E-state index in [4.69, 9.17) is 9.47 Å². The molecule has 0 N–H and O–H groups in total. The van der Waals surface area contributed by atoms with Crippen LogP contribution in [0.3, 0.4) is 0 Å². The van der Waals surface area contributed by atoms with Gasteiger partial charge in [-0.05, 0) is 18.9 Å². The Hall–Kier alpha value is -2.42. The van der Waals surface area contributed by atoms with Crippen molar-refractivity contribution in [1.82, 2.24) is 4.90 Å². The van der Waals surface area contributed by atoms with Gasteiger partial charge in [0.1, 0.15) is 18.2 Å². The van der Waals surface area contributed by atoms with E-state index in [0.717, 1.165) is 11.8 Å². The van der Waals surface area contributed by atoms with Gasteiger partial charge >= 0.3 is 12.1 Å². The van der Waals surface area contributed by atoms with E-state index >= 15 is 0 Å². The molecule has 0 aliphatic carbocycles. The number of hydrogen-bond acceptors (Lipinski definition) is 7. The lowest BCUT2D eigenvalue weighted by Crippen LogP contribution is -2.32. The number of carbonyl (C=O) groups excluding carboxylic acids is 2. The molecule has 0 saturated carbocycles. The Morgan fingerprint density at radius 3 is 2.56 bits per heavy atom. The Labute approximate surface area is 159 Å². The average Bonchev–Trinajstić information content (AvgIpc) is 3.09. The van der Waals surface area contributed by atoms with Crippen LogP contribution in [0.4, 0.5) is 4.79 Å². The molecular formula is C18H24N2O6S. The minimum Gasteiger partial charge on any atom is -0.465 e. The number of carbonyl (C=O) groups is 2. The molecule has 1 heterocycles. The Bertz CT molecular complexity index is 791. The van der Waals surface area contributed by atoms with Gasteiger partial charge in [0.25, 0.3) is 0 Å². The summed E-state index contributed by atoms with van der Waals surface area (Å²) >= 11 is 0. The quantitative estimate of drug-likeness (QED) is 0.412. The number of benzene rings is 1. The molecule has 1 aromatic rings. The first-order valence-electron chi connectivity index (χ1n) is 8.67. The van der Waals surface area contributed by atoms with Crippen molar-refractivity contribution < 1.29 is 27.5 Å². The largest absolute Gasteiger partial charge is 0.465 e. The van der Waals surface area contributed by atoms with Gasteiger partial charge in [-0.25, -0.2) is 13.2 Å². The molecule has 1 unspecified atom stereocenters. The van der Waals surface area contributed by atoms with Crippen molar-refractivity contribution in [3.63, 3.8) is 0 Å². The van der Waals surface area contributed by atoms with Crippen molar-refractivity contribution in [2.75, 3.05) is 32.5 Å². The predicted molar refractivity (Wildman–Crippen MR) is 100 cm³/mol. The van der Waals surface area contributed by atoms with E-state index in [9.17, 15) is 18.0 Å². The lowest BCUT2D eigenvalue weighted by molar-refractivity contribution is -0.141. The molecule has 1 fully saturated rings. The van der Waals surface area contributed by atoms with Gasteiger partial charge in [0.2, 0.25) is 0 Å². The number of nitrogens with zero attached hydrogens (tertiary/aromatic N) is 2. The molecule has 1 aliphatic heterocycles. The number of ether oxygens (including phenoxy) is 2. The Kier molecular flexibility index (Phi) is 7.35. The third kappa shape index (κ3) is 6.35. The van der Waals surface area contributed by atoms with Crippen LogP contribution in [0.25, 0.3) is 0 Å². The van der Waals surface area contributed by atoms with Crippen LogP contribution in [0, 0.1) is 5.92 Å². The number of sulfone groups is 1. The zero-order chi connectivity index (χ0) is 19.9. The van der Waals surface area contributed by atoms with E-state index in [2.05, 4.69) is 4.99 Å². The molecular weight excluding hydrogens is 372 g/mol.